The zero-order valence-corrected chi connectivity index (χ0v) is 21.5. The van der Waals surface area contributed by atoms with Gasteiger partial charge in [0.25, 0.3) is 0 Å². The van der Waals surface area contributed by atoms with Gasteiger partial charge >= 0.3 is 0 Å². The lowest BCUT2D eigenvalue weighted by atomic mass is 10.2. The first-order chi connectivity index (χ1) is 11.7. The van der Waals surface area contributed by atoms with E-state index in [9.17, 15) is 0 Å². The molecule has 0 aromatic carbocycles. The first-order valence-corrected chi connectivity index (χ1v) is 16.3. The predicted octanol–water partition coefficient (Wildman–Crippen LogP) is 7.37. The predicted molar refractivity (Wildman–Crippen MR) is 122 cm³/mol. The van der Waals surface area contributed by atoms with Crippen LogP contribution in [0.4, 0.5) is 0 Å². The molecule has 0 bridgehead atoms. The molecular weight excluding hydrogens is 352 g/mol. The summed E-state index contributed by atoms with van der Waals surface area (Å²) in [5.41, 5.74) is 0. The fraction of sp³-hybridized carbons (Fsp3) is 0.909. The van der Waals surface area contributed by atoms with Crippen LogP contribution in [-0.2, 0) is 8.85 Å². The van der Waals surface area contributed by atoms with E-state index in [0.717, 1.165) is 51.7 Å². The number of unbranched alkanes of at least 4 members (excludes halogenated alkanes) is 4. The van der Waals surface area contributed by atoms with Crippen LogP contribution in [0.3, 0.4) is 0 Å². The molecule has 26 heavy (non-hydrogen) atoms. The minimum Gasteiger partial charge on any atom is -0.417 e. The summed E-state index contributed by atoms with van der Waals surface area (Å²) in [5.74, 6) is 6.64. The molecular formula is C22H46O2Si2. The van der Waals surface area contributed by atoms with Crippen LogP contribution in [0, 0.1) is 11.8 Å². The smallest absolute Gasteiger partial charge is 0.191 e. The van der Waals surface area contributed by atoms with Gasteiger partial charge in [0.15, 0.2) is 16.6 Å². The van der Waals surface area contributed by atoms with Gasteiger partial charge in [-0.25, -0.2) is 0 Å². The lowest BCUT2D eigenvalue weighted by molar-refractivity contribution is 0.279. The monoisotopic (exact) mass is 398 g/mol. The van der Waals surface area contributed by atoms with Crippen molar-refractivity contribution in [3.63, 3.8) is 0 Å². The molecule has 0 fully saturated rings. The summed E-state index contributed by atoms with van der Waals surface area (Å²) in [4.78, 5) is 0. The van der Waals surface area contributed by atoms with Crippen LogP contribution >= 0.6 is 0 Å². The van der Waals surface area contributed by atoms with Gasteiger partial charge < -0.3 is 8.85 Å². The van der Waals surface area contributed by atoms with Crippen LogP contribution in [-0.4, -0.2) is 29.8 Å². The third kappa shape index (κ3) is 10.3. The molecule has 0 spiro atoms. The van der Waals surface area contributed by atoms with Gasteiger partial charge in [-0.1, -0.05) is 41.5 Å². The standard InChI is InChI=1S/C22H46O2Si2/c1-21(2,3)25(7,8)23-19-17-15-13-11-12-14-16-18-20-24-26(9,10)22(4,5)6/h13-20H2,1-10H3. The van der Waals surface area contributed by atoms with E-state index in [1.165, 1.54) is 0 Å². The Bertz CT molecular complexity index is 405. The summed E-state index contributed by atoms with van der Waals surface area (Å²) in [7, 11) is -3.14. The first-order valence-electron chi connectivity index (χ1n) is 10.4. The molecule has 154 valence electrons. The van der Waals surface area contributed by atoms with E-state index >= 15 is 0 Å². The highest BCUT2D eigenvalue weighted by Gasteiger charge is 2.37. The topological polar surface area (TPSA) is 18.5 Å². The third-order valence-electron chi connectivity index (χ3n) is 6.06. The molecule has 0 aromatic rings. The zero-order chi connectivity index (χ0) is 20.5. The maximum absolute atomic E-state index is 6.20. The molecule has 0 saturated heterocycles. The normalized spacial score (nSPS) is 13.5. The molecule has 0 aromatic heterocycles. The van der Waals surface area contributed by atoms with E-state index in [2.05, 4.69) is 79.6 Å². The summed E-state index contributed by atoms with van der Waals surface area (Å²) in [6, 6.07) is 0. The zero-order valence-electron chi connectivity index (χ0n) is 19.5. The summed E-state index contributed by atoms with van der Waals surface area (Å²) in [6.45, 7) is 24.8. The molecule has 0 aliphatic rings. The maximum Gasteiger partial charge on any atom is 0.191 e. The minimum atomic E-state index is -1.57. The van der Waals surface area contributed by atoms with Crippen molar-refractivity contribution >= 4 is 16.6 Å². The van der Waals surface area contributed by atoms with Crippen LogP contribution in [0.25, 0.3) is 0 Å². The molecule has 0 saturated carbocycles. The average molecular weight is 399 g/mol. The molecule has 0 amide bonds. The number of hydrogen-bond acceptors (Lipinski definition) is 2. The van der Waals surface area contributed by atoms with Crippen LogP contribution in [0.15, 0.2) is 0 Å². The maximum atomic E-state index is 6.20. The van der Waals surface area contributed by atoms with Crippen molar-refractivity contribution in [3.8, 4) is 11.8 Å². The third-order valence-corrected chi connectivity index (χ3v) is 15.1. The Kier molecular flexibility index (Phi) is 11.0. The Balaban J connectivity index is 3.69. The van der Waals surface area contributed by atoms with Crippen molar-refractivity contribution < 1.29 is 8.85 Å². The Hall–Kier alpha value is -0.0862. The largest absolute Gasteiger partial charge is 0.417 e. The van der Waals surface area contributed by atoms with Gasteiger partial charge in [-0.3, -0.25) is 0 Å². The fourth-order valence-corrected chi connectivity index (χ4v) is 4.07. The summed E-state index contributed by atoms with van der Waals surface area (Å²) < 4.78 is 12.4. The lowest BCUT2D eigenvalue weighted by Crippen LogP contribution is -2.40. The molecule has 2 nitrogen and oxygen atoms in total. The van der Waals surface area contributed by atoms with Gasteiger partial charge in [0.2, 0.25) is 0 Å². The quantitative estimate of drug-likeness (QED) is 0.217. The summed E-state index contributed by atoms with van der Waals surface area (Å²) in [6.07, 6.45) is 6.55. The molecule has 0 heterocycles. The van der Waals surface area contributed by atoms with Gasteiger partial charge in [-0.15, -0.1) is 11.8 Å². The van der Waals surface area contributed by atoms with Gasteiger partial charge in [0.1, 0.15) is 0 Å². The van der Waals surface area contributed by atoms with Gasteiger partial charge in [-0.05, 0) is 61.9 Å². The molecule has 0 N–H and O–H groups in total. The Morgan fingerprint density at radius 2 is 0.885 bits per heavy atom. The van der Waals surface area contributed by atoms with Crippen LogP contribution in [0.1, 0.15) is 80.1 Å². The van der Waals surface area contributed by atoms with Crippen molar-refractivity contribution in [1.82, 2.24) is 0 Å². The molecule has 0 aliphatic carbocycles. The van der Waals surface area contributed by atoms with E-state index in [0.29, 0.717) is 10.1 Å². The molecule has 0 unspecified atom stereocenters. The van der Waals surface area contributed by atoms with E-state index in [-0.39, 0.29) is 0 Å². The van der Waals surface area contributed by atoms with Gasteiger partial charge in [0, 0.05) is 26.1 Å². The second-order valence-corrected chi connectivity index (χ2v) is 20.1. The van der Waals surface area contributed by atoms with Crippen LogP contribution in [0.2, 0.25) is 36.3 Å². The van der Waals surface area contributed by atoms with Crippen molar-refractivity contribution in [2.45, 2.75) is 116 Å². The first kappa shape index (κ1) is 25.9. The van der Waals surface area contributed by atoms with Gasteiger partial charge in [0.05, 0.1) is 0 Å². The minimum absolute atomic E-state index is 0.307. The highest BCUT2D eigenvalue weighted by Crippen LogP contribution is 2.37. The van der Waals surface area contributed by atoms with Crippen molar-refractivity contribution in [1.29, 1.82) is 0 Å². The molecule has 0 atom stereocenters. The SMILES string of the molecule is CC(C)(C)[Si](C)(C)OCCCCC#CCCCCO[Si](C)(C)C(C)(C)C. The van der Waals surface area contributed by atoms with E-state index < -0.39 is 16.6 Å². The Labute approximate surface area is 167 Å². The van der Waals surface area contributed by atoms with E-state index in [1.807, 2.05) is 0 Å². The Morgan fingerprint density at radius 3 is 1.15 bits per heavy atom. The van der Waals surface area contributed by atoms with Crippen molar-refractivity contribution in [2.24, 2.45) is 0 Å². The highest BCUT2D eigenvalue weighted by molar-refractivity contribution is 6.74. The molecule has 4 heteroatoms. The number of rotatable bonds is 10. The van der Waals surface area contributed by atoms with Crippen LogP contribution < -0.4 is 0 Å². The fourth-order valence-electron chi connectivity index (χ4n) is 1.90. The second-order valence-electron chi connectivity index (χ2n) is 10.5. The van der Waals surface area contributed by atoms with Crippen molar-refractivity contribution in [3.05, 3.63) is 0 Å². The van der Waals surface area contributed by atoms with E-state index in [4.69, 9.17) is 8.85 Å². The second kappa shape index (κ2) is 11.0. The average Bonchev–Trinajstić information content (AvgIpc) is 2.45. The van der Waals surface area contributed by atoms with E-state index in [1.54, 1.807) is 0 Å². The summed E-state index contributed by atoms with van der Waals surface area (Å²) in [5, 5.41) is 0.613. The molecule has 0 radical (unpaired) electrons. The summed E-state index contributed by atoms with van der Waals surface area (Å²) >= 11 is 0. The van der Waals surface area contributed by atoms with Crippen LogP contribution in [0.5, 0.6) is 0 Å². The molecule has 0 rings (SSSR count). The Morgan fingerprint density at radius 1 is 0.577 bits per heavy atom. The van der Waals surface area contributed by atoms with Gasteiger partial charge in [-0.2, -0.15) is 0 Å². The van der Waals surface area contributed by atoms with Crippen molar-refractivity contribution in [2.75, 3.05) is 13.2 Å². The number of hydrogen-bond donors (Lipinski definition) is 0. The molecule has 0 aliphatic heterocycles. The lowest BCUT2D eigenvalue weighted by Gasteiger charge is -2.36. The highest BCUT2D eigenvalue weighted by atomic mass is 28.4.